The van der Waals surface area contributed by atoms with Crippen LogP contribution in [0.5, 0.6) is 5.75 Å². The molecular formula is C15H14F3NO. The molecule has 0 aromatic heterocycles. The fourth-order valence-corrected chi connectivity index (χ4v) is 1.97. The molecule has 0 fully saturated rings. The van der Waals surface area contributed by atoms with Crippen LogP contribution in [0.2, 0.25) is 0 Å². The average molecular weight is 281 g/mol. The zero-order valence-electron chi connectivity index (χ0n) is 11.1. The first-order chi connectivity index (χ1) is 9.43. The van der Waals surface area contributed by atoms with Crippen molar-refractivity contribution in [1.29, 1.82) is 0 Å². The fourth-order valence-electron chi connectivity index (χ4n) is 1.97. The molecule has 1 unspecified atom stereocenters. The van der Waals surface area contributed by atoms with Crippen LogP contribution in [-0.2, 0) is 0 Å². The Bertz CT molecular complexity index is 643. The van der Waals surface area contributed by atoms with Crippen LogP contribution in [0.3, 0.4) is 0 Å². The number of halogens is 3. The van der Waals surface area contributed by atoms with Crippen LogP contribution in [0.15, 0.2) is 30.3 Å². The van der Waals surface area contributed by atoms with E-state index in [0.717, 1.165) is 6.07 Å². The van der Waals surface area contributed by atoms with Crippen LogP contribution in [0.4, 0.5) is 13.2 Å². The van der Waals surface area contributed by atoms with Gasteiger partial charge in [0, 0.05) is 11.6 Å². The van der Waals surface area contributed by atoms with Crippen LogP contribution >= 0.6 is 0 Å². The number of benzene rings is 2. The standard InChI is InChI=1S/C15H14F3NO/c1-8-5-10(13(18)7-12(8)17)15(19)9-3-4-11(16)14(6-9)20-2/h3-7,15H,19H2,1-2H3. The van der Waals surface area contributed by atoms with Gasteiger partial charge < -0.3 is 10.5 Å². The molecule has 0 heterocycles. The van der Waals surface area contributed by atoms with Gasteiger partial charge in [-0.1, -0.05) is 6.07 Å². The van der Waals surface area contributed by atoms with E-state index in [9.17, 15) is 13.2 Å². The average Bonchev–Trinajstić information content (AvgIpc) is 2.42. The lowest BCUT2D eigenvalue weighted by Gasteiger charge is -2.15. The van der Waals surface area contributed by atoms with E-state index in [0.29, 0.717) is 11.1 Å². The van der Waals surface area contributed by atoms with E-state index in [1.54, 1.807) is 0 Å². The molecule has 5 heteroatoms. The molecule has 0 saturated heterocycles. The summed E-state index contributed by atoms with van der Waals surface area (Å²) in [6, 6.07) is 5.36. The number of rotatable bonds is 3. The largest absolute Gasteiger partial charge is 0.494 e. The van der Waals surface area contributed by atoms with Crippen molar-refractivity contribution in [2.24, 2.45) is 5.73 Å². The summed E-state index contributed by atoms with van der Waals surface area (Å²) in [6.07, 6.45) is 0. The van der Waals surface area contributed by atoms with Crippen LogP contribution in [0.25, 0.3) is 0 Å². The summed E-state index contributed by atoms with van der Waals surface area (Å²) in [4.78, 5) is 0. The Morgan fingerprint density at radius 2 is 1.70 bits per heavy atom. The second kappa shape index (κ2) is 5.54. The number of hydrogen-bond donors (Lipinski definition) is 1. The highest BCUT2D eigenvalue weighted by atomic mass is 19.1. The summed E-state index contributed by atoms with van der Waals surface area (Å²) in [5.41, 5.74) is 6.90. The maximum atomic E-state index is 13.8. The van der Waals surface area contributed by atoms with E-state index in [2.05, 4.69) is 0 Å². The molecule has 0 aliphatic rings. The van der Waals surface area contributed by atoms with Crippen LogP contribution in [0, 0.1) is 24.4 Å². The van der Waals surface area contributed by atoms with E-state index in [1.807, 2.05) is 0 Å². The third-order valence-electron chi connectivity index (χ3n) is 3.15. The molecule has 0 aliphatic heterocycles. The van der Waals surface area contributed by atoms with Gasteiger partial charge in [-0.2, -0.15) is 0 Å². The van der Waals surface area contributed by atoms with Crippen molar-refractivity contribution >= 4 is 0 Å². The van der Waals surface area contributed by atoms with Gasteiger partial charge in [-0.05, 0) is 36.2 Å². The highest BCUT2D eigenvalue weighted by Crippen LogP contribution is 2.28. The molecule has 20 heavy (non-hydrogen) atoms. The van der Waals surface area contributed by atoms with Gasteiger partial charge in [0.15, 0.2) is 11.6 Å². The second-order valence-electron chi connectivity index (χ2n) is 4.49. The molecule has 106 valence electrons. The van der Waals surface area contributed by atoms with Crippen LogP contribution in [0.1, 0.15) is 22.7 Å². The van der Waals surface area contributed by atoms with Gasteiger partial charge in [-0.15, -0.1) is 0 Å². The minimum absolute atomic E-state index is 0.0252. The van der Waals surface area contributed by atoms with Crippen LogP contribution in [-0.4, -0.2) is 7.11 Å². The summed E-state index contributed by atoms with van der Waals surface area (Å²) in [5.74, 6) is -1.87. The topological polar surface area (TPSA) is 35.2 Å². The van der Waals surface area contributed by atoms with Crippen molar-refractivity contribution < 1.29 is 17.9 Å². The summed E-state index contributed by atoms with van der Waals surface area (Å²) in [7, 11) is 1.33. The molecular weight excluding hydrogens is 267 g/mol. The lowest BCUT2D eigenvalue weighted by molar-refractivity contribution is 0.385. The van der Waals surface area contributed by atoms with E-state index in [4.69, 9.17) is 10.5 Å². The van der Waals surface area contributed by atoms with Crippen molar-refractivity contribution in [1.82, 2.24) is 0 Å². The lowest BCUT2D eigenvalue weighted by Crippen LogP contribution is -2.14. The SMILES string of the molecule is COc1cc(C(N)c2cc(C)c(F)cc2F)ccc1F. The zero-order chi connectivity index (χ0) is 14.9. The van der Waals surface area contributed by atoms with E-state index >= 15 is 0 Å². The van der Waals surface area contributed by atoms with Crippen molar-refractivity contribution in [3.63, 3.8) is 0 Å². The van der Waals surface area contributed by atoms with Crippen molar-refractivity contribution in [3.05, 3.63) is 64.5 Å². The predicted molar refractivity (Wildman–Crippen MR) is 70.1 cm³/mol. The monoisotopic (exact) mass is 281 g/mol. The zero-order valence-corrected chi connectivity index (χ0v) is 11.1. The molecule has 2 N–H and O–H groups in total. The van der Waals surface area contributed by atoms with Gasteiger partial charge >= 0.3 is 0 Å². The normalized spacial score (nSPS) is 12.3. The summed E-state index contributed by atoms with van der Waals surface area (Å²) in [6.45, 7) is 1.52. The molecule has 0 bridgehead atoms. The van der Waals surface area contributed by atoms with E-state index in [-0.39, 0.29) is 11.3 Å². The predicted octanol–water partition coefficient (Wildman–Crippen LogP) is 3.47. The van der Waals surface area contributed by atoms with Crippen molar-refractivity contribution in [3.8, 4) is 5.75 Å². The number of ether oxygens (including phenoxy) is 1. The second-order valence-corrected chi connectivity index (χ2v) is 4.49. The van der Waals surface area contributed by atoms with E-state index in [1.165, 1.54) is 38.3 Å². The maximum Gasteiger partial charge on any atom is 0.165 e. The Hall–Kier alpha value is -2.01. The molecule has 1 atom stereocenters. The molecule has 2 aromatic carbocycles. The quantitative estimate of drug-likeness (QED) is 0.935. The Balaban J connectivity index is 2.46. The number of hydrogen-bond acceptors (Lipinski definition) is 2. The number of nitrogens with two attached hydrogens (primary N) is 1. The Morgan fingerprint density at radius 1 is 1.00 bits per heavy atom. The Morgan fingerprint density at radius 3 is 2.35 bits per heavy atom. The van der Waals surface area contributed by atoms with Gasteiger partial charge in [0.1, 0.15) is 11.6 Å². The highest BCUT2D eigenvalue weighted by molar-refractivity contribution is 5.39. The summed E-state index contributed by atoms with van der Waals surface area (Å²) in [5, 5.41) is 0. The molecule has 0 amide bonds. The molecule has 2 nitrogen and oxygen atoms in total. The molecule has 0 saturated carbocycles. The number of methoxy groups -OCH3 is 1. The molecule has 0 spiro atoms. The Kier molecular flexibility index (Phi) is 3.99. The molecule has 0 aliphatic carbocycles. The van der Waals surface area contributed by atoms with E-state index < -0.39 is 23.5 Å². The van der Waals surface area contributed by atoms with Crippen molar-refractivity contribution in [2.45, 2.75) is 13.0 Å². The maximum absolute atomic E-state index is 13.8. The van der Waals surface area contributed by atoms with Gasteiger partial charge in [0.2, 0.25) is 0 Å². The molecule has 0 radical (unpaired) electrons. The van der Waals surface area contributed by atoms with Gasteiger partial charge in [0.25, 0.3) is 0 Å². The summed E-state index contributed by atoms with van der Waals surface area (Å²) >= 11 is 0. The minimum atomic E-state index is -0.830. The smallest absolute Gasteiger partial charge is 0.165 e. The third-order valence-corrected chi connectivity index (χ3v) is 3.15. The molecule has 2 rings (SSSR count). The van der Waals surface area contributed by atoms with Crippen molar-refractivity contribution in [2.75, 3.05) is 7.11 Å². The molecule has 2 aromatic rings. The minimum Gasteiger partial charge on any atom is -0.494 e. The first-order valence-electron chi connectivity index (χ1n) is 5.98. The van der Waals surface area contributed by atoms with Gasteiger partial charge in [0.05, 0.1) is 13.2 Å². The fraction of sp³-hybridized carbons (Fsp3) is 0.200. The Labute approximate surface area is 115 Å². The van der Waals surface area contributed by atoms with Gasteiger partial charge in [-0.3, -0.25) is 0 Å². The van der Waals surface area contributed by atoms with Gasteiger partial charge in [-0.25, -0.2) is 13.2 Å². The lowest BCUT2D eigenvalue weighted by atomic mass is 9.97. The summed E-state index contributed by atoms with van der Waals surface area (Å²) < 4.78 is 45.3. The first-order valence-corrected chi connectivity index (χ1v) is 5.98. The first kappa shape index (κ1) is 14.4. The van der Waals surface area contributed by atoms with Crippen LogP contribution < -0.4 is 10.5 Å². The number of aryl methyl sites for hydroxylation is 1. The highest BCUT2D eigenvalue weighted by Gasteiger charge is 2.17. The third kappa shape index (κ3) is 2.63.